The monoisotopic (exact) mass is 423 g/mol. The number of hydrogen-bond acceptors (Lipinski definition) is 3. The summed E-state index contributed by atoms with van der Waals surface area (Å²) in [6, 6.07) is 21.3. The molecule has 0 radical (unpaired) electrons. The predicted octanol–water partition coefficient (Wildman–Crippen LogP) is 6.26. The normalized spacial score (nSPS) is 11.2. The SMILES string of the molecule is COCc1ccc(-c2ccc(NC(=O)C(C)(C)Oc3ccc(Cl)c(C)c3)cc2)cc1. The highest BCUT2D eigenvalue weighted by molar-refractivity contribution is 6.31. The van der Waals surface area contributed by atoms with Gasteiger partial charge in [0.2, 0.25) is 0 Å². The third-order valence-corrected chi connectivity index (χ3v) is 5.21. The highest BCUT2D eigenvalue weighted by Gasteiger charge is 2.30. The van der Waals surface area contributed by atoms with E-state index in [1.165, 1.54) is 0 Å². The number of methoxy groups -OCH3 is 1. The lowest BCUT2D eigenvalue weighted by molar-refractivity contribution is -0.128. The van der Waals surface area contributed by atoms with Crippen molar-refractivity contribution in [3.8, 4) is 16.9 Å². The van der Waals surface area contributed by atoms with Crippen molar-refractivity contribution < 1.29 is 14.3 Å². The van der Waals surface area contributed by atoms with Crippen LogP contribution in [-0.4, -0.2) is 18.6 Å². The van der Waals surface area contributed by atoms with Crippen LogP contribution < -0.4 is 10.1 Å². The minimum absolute atomic E-state index is 0.230. The third kappa shape index (κ3) is 5.41. The van der Waals surface area contributed by atoms with Crippen LogP contribution in [0.15, 0.2) is 66.7 Å². The fourth-order valence-corrected chi connectivity index (χ4v) is 3.13. The van der Waals surface area contributed by atoms with Crippen molar-refractivity contribution in [3.05, 3.63) is 82.9 Å². The van der Waals surface area contributed by atoms with Crippen LogP contribution in [0.25, 0.3) is 11.1 Å². The number of halogens is 1. The largest absolute Gasteiger partial charge is 0.478 e. The number of ether oxygens (including phenoxy) is 2. The summed E-state index contributed by atoms with van der Waals surface area (Å²) >= 11 is 6.06. The Bertz CT molecular complexity index is 1010. The average Bonchev–Trinajstić information content (AvgIpc) is 2.72. The quantitative estimate of drug-likeness (QED) is 0.488. The Morgan fingerprint density at radius 2 is 1.57 bits per heavy atom. The number of carbonyl (C=O) groups excluding carboxylic acids is 1. The standard InChI is InChI=1S/C25H26ClNO3/c1-17-15-22(13-14-23(17)26)30-25(2,3)24(28)27-21-11-9-20(10-12-21)19-7-5-18(6-8-19)16-29-4/h5-15H,16H2,1-4H3,(H,27,28). The van der Waals surface area contributed by atoms with Gasteiger partial charge >= 0.3 is 0 Å². The van der Waals surface area contributed by atoms with Gasteiger partial charge in [0.25, 0.3) is 5.91 Å². The zero-order chi connectivity index (χ0) is 21.7. The van der Waals surface area contributed by atoms with Crippen LogP contribution in [0.3, 0.4) is 0 Å². The van der Waals surface area contributed by atoms with E-state index in [1.54, 1.807) is 33.1 Å². The van der Waals surface area contributed by atoms with Crippen molar-refractivity contribution in [2.75, 3.05) is 12.4 Å². The lowest BCUT2D eigenvalue weighted by atomic mass is 10.0. The van der Waals surface area contributed by atoms with E-state index in [0.717, 1.165) is 22.3 Å². The Labute approximate surface area is 182 Å². The van der Waals surface area contributed by atoms with E-state index in [2.05, 4.69) is 17.4 Å². The molecule has 4 nitrogen and oxygen atoms in total. The first-order valence-electron chi connectivity index (χ1n) is 9.73. The van der Waals surface area contributed by atoms with Crippen molar-refractivity contribution >= 4 is 23.2 Å². The summed E-state index contributed by atoms with van der Waals surface area (Å²) in [5.74, 6) is 0.371. The maximum absolute atomic E-state index is 12.8. The smallest absolute Gasteiger partial charge is 0.267 e. The van der Waals surface area contributed by atoms with Crippen LogP contribution in [0.5, 0.6) is 5.75 Å². The zero-order valence-corrected chi connectivity index (χ0v) is 18.4. The van der Waals surface area contributed by atoms with Crippen molar-refractivity contribution in [2.24, 2.45) is 0 Å². The summed E-state index contributed by atoms with van der Waals surface area (Å²) in [5.41, 5.74) is 3.87. The number of carbonyl (C=O) groups is 1. The van der Waals surface area contributed by atoms with Crippen molar-refractivity contribution in [2.45, 2.75) is 33.0 Å². The molecule has 0 atom stereocenters. The van der Waals surface area contributed by atoms with Crippen molar-refractivity contribution in [3.63, 3.8) is 0 Å². The van der Waals surface area contributed by atoms with E-state index in [1.807, 2.05) is 49.4 Å². The first-order chi connectivity index (χ1) is 14.3. The molecule has 1 N–H and O–H groups in total. The molecule has 156 valence electrons. The van der Waals surface area contributed by atoms with E-state index >= 15 is 0 Å². The molecule has 3 aromatic carbocycles. The van der Waals surface area contributed by atoms with Crippen LogP contribution in [-0.2, 0) is 16.1 Å². The summed E-state index contributed by atoms with van der Waals surface area (Å²) in [6.45, 7) is 5.97. The molecule has 0 spiro atoms. The fourth-order valence-electron chi connectivity index (χ4n) is 3.01. The average molecular weight is 424 g/mol. The number of hydrogen-bond donors (Lipinski definition) is 1. The van der Waals surface area contributed by atoms with Crippen LogP contribution in [0.1, 0.15) is 25.0 Å². The number of nitrogens with one attached hydrogen (secondary N) is 1. The van der Waals surface area contributed by atoms with Gasteiger partial charge in [-0.1, -0.05) is 48.0 Å². The fraction of sp³-hybridized carbons (Fsp3) is 0.240. The summed E-state index contributed by atoms with van der Waals surface area (Å²) in [5, 5.41) is 3.59. The third-order valence-electron chi connectivity index (χ3n) is 4.79. The van der Waals surface area contributed by atoms with Crippen LogP contribution >= 0.6 is 11.6 Å². The van der Waals surface area contributed by atoms with Gasteiger partial charge in [-0.25, -0.2) is 0 Å². The lowest BCUT2D eigenvalue weighted by Crippen LogP contribution is -2.42. The van der Waals surface area contributed by atoms with Crippen LogP contribution in [0.4, 0.5) is 5.69 Å². The number of aryl methyl sites for hydroxylation is 1. The molecule has 0 heterocycles. The van der Waals surface area contributed by atoms with Gasteiger partial charge in [-0.3, -0.25) is 4.79 Å². The maximum atomic E-state index is 12.8. The van der Waals surface area contributed by atoms with Crippen molar-refractivity contribution in [1.29, 1.82) is 0 Å². The first kappa shape index (κ1) is 21.9. The van der Waals surface area contributed by atoms with Gasteiger partial charge in [-0.15, -0.1) is 0 Å². The zero-order valence-electron chi connectivity index (χ0n) is 17.7. The summed E-state index contributed by atoms with van der Waals surface area (Å²) in [4.78, 5) is 12.8. The van der Waals surface area contributed by atoms with E-state index in [0.29, 0.717) is 23.1 Å². The Kier molecular flexibility index (Phi) is 6.80. The van der Waals surface area contributed by atoms with Gasteiger partial charge in [0.1, 0.15) is 5.75 Å². The second kappa shape index (κ2) is 9.33. The lowest BCUT2D eigenvalue weighted by Gasteiger charge is -2.25. The molecule has 5 heteroatoms. The summed E-state index contributed by atoms with van der Waals surface area (Å²) in [6.07, 6.45) is 0. The van der Waals surface area contributed by atoms with Gasteiger partial charge in [-0.05, 0) is 73.4 Å². The predicted molar refractivity (Wildman–Crippen MR) is 122 cm³/mol. The second-order valence-corrected chi connectivity index (χ2v) is 8.09. The Balaban J connectivity index is 1.66. The molecule has 0 aromatic heterocycles. The van der Waals surface area contributed by atoms with Crippen LogP contribution in [0.2, 0.25) is 5.02 Å². The highest BCUT2D eigenvalue weighted by Crippen LogP contribution is 2.26. The minimum Gasteiger partial charge on any atom is -0.478 e. The molecular formula is C25H26ClNO3. The Morgan fingerprint density at radius 3 is 2.13 bits per heavy atom. The molecule has 30 heavy (non-hydrogen) atoms. The molecule has 0 saturated carbocycles. The Morgan fingerprint density at radius 1 is 0.967 bits per heavy atom. The van der Waals surface area contributed by atoms with E-state index < -0.39 is 5.60 Å². The molecule has 0 aliphatic heterocycles. The molecule has 0 bridgehead atoms. The van der Waals surface area contributed by atoms with Gasteiger partial charge in [0, 0.05) is 17.8 Å². The summed E-state index contributed by atoms with van der Waals surface area (Å²) in [7, 11) is 1.68. The number of rotatable bonds is 7. The minimum atomic E-state index is -1.05. The Hall–Kier alpha value is -2.82. The van der Waals surface area contributed by atoms with Gasteiger partial charge in [0.15, 0.2) is 5.60 Å². The van der Waals surface area contributed by atoms with Gasteiger partial charge < -0.3 is 14.8 Å². The molecular weight excluding hydrogens is 398 g/mol. The maximum Gasteiger partial charge on any atom is 0.267 e. The number of benzene rings is 3. The van der Waals surface area contributed by atoms with E-state index in [9.17, 15) is 4.79 Å². The van der Waals surface area contributed by atoms with Gasteiger partial charge in [-0.2, -0.15) is 0 Å². The van der Waals surface area contributed by atoms with Crippen LogP contribution in [0, 0.1) is 6.92 Å². The highest BCUT2D eigenvalue weighted by atomic mass is 35.5. The molecule has 3 rings (SSSR count). The molecule has 1 amide bonds. The van der Waals surface area contributed by atoms with Crippen molar-refractivity contribution in [1.82, 2.24) is 0 Å². The molecule has 0 aliphatic rings. The first-order valence-corrected chi connectivity index (χ1v) is 10.1. The topological polar surface area (TPSA) is 47.6 Å². The number of anilines is 1. The molecule has 3 aromatic rings. The van der Waals surface area contributed by atoms with E-state index in [-0.39, 0.29) is 5.91 Å². The molecule has 0 aliphatic carbocycles. The molecule has 0 saturated heterocycles. The van der Waals surface area contributed by atoms with E-state index in [4.69, 9.17) is 21.1 Å². The molecule has 0 fully saturated rings. The number of amides is 1. The van der Waals surface area contributed by atoms with Gasteiger partial charge in [0.05, 0.1) is 6.61 Å². The molecule has 0 unspecified atom stereocenters. The summed E-state index contributed by atoms with van der Waals surface area (Å²) < 4.78 is 11.1. The second-order valence-electron chi connectivity index (χ2n) is 7.68.